The van der Waals surface area contributed by atoms with Gasteiger partial charge in [-0.1, -0.05) is 19.1 Å². The number of nitrogens with zero attached hydrogens (tertiary/aromatic N) is 1. The van der Waals surface area contributed by atoms with Crippen LogP contribution in [0.2, 0.25) is 0 Å². The first kappa shape index (κ1) is 12.7. The molecule has 1 aliphatic heterocycles. The first-order valence-electron chi connectivity index (χ1n) is 6.52. The summed E-state index contributed by atoms with van der Waals surface area (Å²) in [5.41, 5.74) is 7.47. The second-order valence-electron chi connectivity index (χ2n) is 5.10. The number of anilines is 1. The quantitative estimate of drug-likeness (QED) is 0.787. The van der Waals surface area contributed by atoms with Crippen molar-refractivity contribution in [1.82, 2.24) is 10.2 Å². The number of amides is 2. The molecule has 1 aromatic carbocycles. The van der Waals surface area contributed by atoms with Crippen molar-refractivity contribution in [3.8, 4) is 0 Å². The van der Waals surface area contributed by atoms with Gasteiger partial charge in [0.05, 0.1) is 0 Å². The molecule has 0 radical (unpaired) electrons. The molecule has 0 aromatic heterocycles. The normalized spacial score (nSPS) is 19.6. The molecule has 1 atom stereocenters. The maximum atomic E-state index is 12.0. The molecule has 1 fully saturated rings. The Kier molecular flexibility index (Phi) is 4.07. The van der Waals surface area contributed by atoms with Crippen LogP contribution in [0.15, 0.2) is 24.3 Å². The molecule has 0 aliphatic carbocycles. The van der Waals surface area contributed by atoms with Crippen molar-refractivity contribution < 1.29 is 4.79 Å². The number of hydrogen-bond donors (Lipinski definition) is 2. The highest BCUT2D eigenvalue weighted by atomic mass is 16.2. The second-order valence-corrected chi connectivity index (χ2v) is 5.10. The molecule has 0 saturated carbocycles. The van der Waals surface area contributed by atoms with Gasteiger partial charge >= 0.3 is 6.03 Å². The number of piperidine rings is 1. The van der Waals surface area contributed by atoms with Crippen molar-refractivity contribution >= 4 is 11.7 Å². The molecule has 2 amide bonds. The van der Waals surface area contributed by atoms with E-state index in [1.165, 1.54) is 6.42 Å². The van der Waals surface area contributed by atoms with E-state index in [0.29, 0.717) is 12.5 Å². The van der Waals surface area contributed by atoms with Crippen LogP contribution in [-0.4, -0.2) is 24.0 Å². The number of benzene rings is 1. The largest absolute Gasteiger partial charge is 0.399 e. The first-order valence-corrected chi connectivity index (χ1v) is 6.52. The third-order valence-corrected chi connectivity index (χ3v) is 3.34. The highest BCUT2D eigenvalue weighted by molar-refractivity contribution is 5.74. The lowest BCUT2D eigenvalue weighted by Gasteiger charge is -2.30. The Hall–Kier alpha value is -1.71. The Bertz CT molecular complexity index is 419. The summed E-state index contributed by atoms with van der Waals surface area (Å²) in [4.78, 5) is 13.9. The van der Waals surface area contributed by atoms with Gasteiger partial charge in [-0.05, 0) is 36.5 Å². The van der Waals surface area contributed by atoms with E-state index in [9.17, 15) is 4.79 Å². The van der Waals surface area contributed by atoms with Gasteiger partial charge < -0.3 is 16.0 Å². The molecule has 4 heteroatoms. The van der Waals surface area contributed by atoms with Crippen LogP contribution < -0.4 is 11.1 Å². The fraction of sp³-hybridized carbons (Fsp3) is 0.500. The zero-order chi connectivity index (χ0) is 13.0. The van der Waals surface area contributed by atoms with Crippen LogP contribution in [0.4, 0.5) is 10.5 Å². The number of rotatable bonds is 2. The van der Waals surface area contributed by atoms with E-state index >= 15 is 0 Å². The SMILES string of the molecule is CC1CCCN(C(=O)NCc2cccc(N)c2)C1. The summed E-state index contributed by atoms with van der Waals surface area (Å²) in [5.74, 6) is 0.608. The van der Waals surface area contributed by atoms with Crippen molar-refractivity contribution in [1.29, 1.82) is 0 Å². The van der Waals surface area contributed by atoms with Gasteiger partial charge in [0.25, 0.3) is 0 Å². The number of carbonyl (C=O) groups is 1. The molecule has 1 saturated heterocycles. The molecule has 1 aromatic rings. The van der Waals surface area contributed by atoms with Crippen LogP contribution in [0, 0.1) is 5.92 Å². The van der Waals surface area contributed by atoms with Crippen molar-refractivity contribution in [3.05, 3.63) is 29.8 Å². The number of nitrogen functional groups attached to an aromatic ring is 1. The summed E-state index contributed by atoms with van der Waals surface area (Å²) in [6, 6.07) is 7.63. The number of nitrogens with two attached hydrogens (primary N) is 1. The molecular formula is C14H21N3O. The lowest BCUT2D eigenvalue weighted by atomic mass is 10.0. The molecule has 1 aliphatic rings. The lowest BCUT2D eigenvalue weighted by Crippen LogP contribution is -2.44. The molecule has 0 bridgehead atoms. The van der Waals surface area contributed by atoms with E-state index in [0.717, 1.165) is 30.8 Å². The monoisotopic (exact) mass is 247 g/mol. The van der Waals surface area contributed by atoms with Gasteiger partial charge in [0.1, 0.15) is 0 Å². The number of urea groups is 1. The van der Waals surface area contributed by atoms with Gasteiger partial charge in [-0.3, -0.25) is 0 Å². The second kappa shape index (κ2) is 5.76. The zero-order valence-corrected chi connectivity index (χ0v) is 10.9. The fourth-order valence-corrected chi connectivity index (χ4v) is 2.37. The lowest BCUT2D eigenvalue weighted by molar-refractivity contribution is 0.169. The van der Waals surface area contributed by atoms with Crippen LogP contribution in [0.5, 0.6) is 0 Å². The predicted molar refractivity (Wildman–Crippen MR) is 73.1 cm³/mol. The van der Waals surface area contributed by atoms with Crippen molar-refractivity contribution in [3.63, 3.8) is 0 Å². The van der Waals surface area contributed by atoms with Gasteiger partial charge in [0.15, 0.2) is 0 Å². The molecular weight excluding hydrogens is 226 g/mol. The Morgan fingerprint density at radius 1 is 1.56 bits per heavy atom. The number of hydrogen-bond acceptors (Lipinski definition) is 2. The third kappa shape index (κ3) is 3.39. The summed E-state index contributed by atoms with van der Waals surface area (Å²) in [6.07, 6.45) is 2.33. The minimum Gasteiger partial charge on any atom is -0.399 e. The van der Waals surface area contributed by atoms with Crippen LogP contribution in [0.3, 0.4) is 0 Å². The average molecular weight is 247 g/mol. The third-order valence-electron chi connectivity index (χ3n) is 3.34. The van der Waals surface area contributed by atoms with E-state index in [1.807, 2.05) is 29.2 Å². The maximum Gasteiger partial charge on any atom is 0.317 e. The van der Waals surface area contributed by atoms with Gasteiger partial charge in [0, 0.05) is 25.3 Å². The van der Waals surface area contributed by atoms with E-state index in [1.54, 1.807) is 0 Å². The molecule has 1 unspecified atom stereocenters. The smallest absolute Gasteiger partial charge is 0.317 e. The van der Waals surface area contributed by atoms with Crippen LogP contribution in [-0.2, 0) is 6.54 Å². The van der Waals surface area contributed by atoms with Gasteiger partial charge in [-0.2, -0.15) is 0 Å². The van der Waals surface area contributed by atoms with E-state index in [4.69, 9.17) is 5.73 Å². The van der Waals surface area contributed by atoms with Gasteiger partial charge in [-0.15, -0.1) is 0 Å². The van der Waals surface area contributed by atoms with Crippen LogP contribution in [0.25, 0.3) is 0 Å². The van der Waals surface area contributed by atoms with Gasteiger partial charge in [-0.25, -0.2) is 4.79 Å². The Morgan fingerprint density at radius 3 is 3.11 bits per heavy atom. The molecule has 18 heavy (non-hydrogen) atoms. The molecule has 98 valence electrons. The Morgan fingerprint density at radius 2 is 2.39 bits per heavy atom. The highest BCUT2D eigenvalue weighted by Gasteiger charge is 2.20. The Balaban J connectivity index is 1.84. The van der Waals surface area contributed by atoms with Crippen molar-refractivity contribution in [2.45, 2.75) is 26.3 Å². The summed E-state index contributed by atoms with van der Waals surface area (Å²) < 4.78 is 0. The van der Waals surface area contributed by atoms with E-state index in [-0.39, 0.29) is 6.03 Å². The molecule has 4 nitrogen and oxygen atoms in total. The maximum absolute atomic E-state index is 12.0. The summed E-state index contributed by atoms with van der Waals surface area (Å²) >= 11 is 0. The molecule has 0 spiro atoms. The fourth-order valence-electron chi connectivity index (χ4n) is 2.37. The predicted octanol–water partition coefficient (Wildman–Crippen LogP) is 2.21. The van der Waals surface area contributed by atoms with E-state index in [2.05, 4.69) is 12.2 Å². The standard InChI is InChI=1S/C14H21N3O/c1-11-4-3-7-17(10-11)14(18)16-9-12-5-2-6-13(15)8-12/h2,5-6,8,11H,3-4,7,9-10,15H2,1H3,(H,16,18). The molecule has 2 rings (SSSR count). The van der Waals surface area contributed by atoms with E-state index < -0.39 is 0 Å². The summed E-state index contributed by atoms with van der Waals surface area (Å²) in [5, 5.41) is 2.95. The Labute approximate surface area is 108 Å². The average Bonchev–Trinajstić information content (AvgIpc) is 2.36. The van der Waals surface area contributed by atoms with Gasteiger partial charge in [0.2, 0.25) is 0 Å². The zero-order valence-electron chi connectivity index (χ0n) is 10.9. The summed E-state index contributed by atoms with van der Waals surface area (Å²) in [7, 11) is 0. The topological polar surface area (TPSA) is 58.4 Å². The summed E-state index contributed by atoms with van der Waals surface area (Å²) in [6.45, 7) is 4.46. The number of nitrogens with one attached hydrogen (secondary N) is 1. The van der Waals surface area contributed by atoms with Crippen molar-refractivity contribution in [2.24, 2.45) is 5.92 Å². The molecule has 1 heterocycles. The van der Waals surface area contributed by atoms with Crippen LogP contribution >= 0.6 is 0 Å². The molecule has 3 N–H and O–H groups in total. The first-order chi connectivity index (χ1) is 8.65. The minimum atomic E-state index is 0.0315. The number of likely N-dealkylation sites (tertiary alicyclic amines) is 1. The number of carbonyl (C=O) groups excluding carboxylic acids is 1. The van der Waals surface area contributed by atoms with Crippen molar-refractivity contribution in [2.75, 3.05) is 18.8 Å². The highest BCUT2D eigenvalue weighted by Crippen LogP contribution is 2.15. The van der Waals surface area contributed by atoms with Crippen LogP contribution in [0.1, 0.15) is 25.3 Å². The minimum absolute atomic E-state index is 0.0315.